The lowest BCUT2D eigenvalue weighted by molar-refractivity contribution is -0.117. The van der Waals surface area contributed by atoms with Crippen LogP contribution in [0.5, 0.6) is 0 Å². The molecule has 0 aliphatic heterocycles. The number of thiazole rings is 1. The predicted molar refractivity (Wildman–Crippen MR) is 93.2 cm³/mol. The topological polar surface area (TPSA) is 102 Å². The van der Waals surface area contributed by atoms with Gasteiger partial charge in [-0.1, -0.05) is 17.8 Å². The first kappa shape index (κ1) is 16.0. The SMILES string of the molecule is NS(=O)(=O)c1ccc2nc(NC(=O)C[C@H]3C[C@@H]4CC[C@@H]3C4)sc2c1. The smallest absolute Gasteiger partial charge is 0.238 e. The molecule has 2 aromatic rings. The van der Waals surface area contributed by atoms with E-state index in [1.807, 2.05) is 0 Å². The van der Waals surface area contributed by atoms with Crippen LogP contribution in [0.25, 0.3) is 10.2 Å². The lowest BCUT2D eigenvalue weighted by Gasteiger charge is -2.20. The number of fused-ring (bicyclic) bond motifs is 3. The predicted octanol–water partition coefficient (Wildman–Crippen LogP) is 2.71. The molecule has 24 heavy (non-hydrogen) atoms. The number of aromatic nitrogens is 1. The van der Waals surface area contributed by atoms with Crippen LogP contribution in [0.1, 0.15) is 32.1 Å². The summed E-state index contributed by atoms with van der Waals surface area (Å²) in [5.74, 6) is 2.05. The number of nitrogens with zero attached hydrogens (tertiary/aromatic N) is 1. The Labute approximate surface area is 144 Å². The highest BCUT2D eigenvalue weighted by atomic mass is 32.2. The minimum atomic E-state index is -3.74. The zero-order valence-corrected chi connectivity index (χ0v) is 14.7. The molecular formula is C16H19N3O3S2. The van der Waals surface area contributed by atoms with Crippen molar-refractivity contribution in [3.63, 3.8) is 0 Å². The molecule has 2 fully saturated rings. The molecule has 0 spiro atoms. The second-order valence-electron chi connectivity index (χ2n) is 6.88. The highest BCUT2D eigenvalue weighted by Crippen LogP contribution is 2.49. The van der Waals surface area contributed by atoms with E-state index in [0.29, 0.717) is 33.6 Å². The molecule has 1 heterocycles. The van der Waals surface area contributed by atoms with Crippen LogP contribution < -0.4 is 10.5 Å². The number of rotatable bonds is 4. The molecule has 1 aromatic carbocycles. The lowest BCUT2D eigenvalue weighted by Crippen LogP contribution is -2.20. The number of anilines is 1. The number of carbonyl (C=O) groups excluding carboxylic acids is 1. The quantitative estimate of drug-likeness (QED) is 0.869. The van der Waals surface area contributed by atoms with Gasteiger partial charge in [0.15, 0.2) is 5.13 Å². The third-order valence-corrected chi connectivity index (χ3v) is 7.11. The second-order valence-corrected chi connectivity index (χ2v) is 9.47. The van der Waals surface area contributed by atoms with Crippen LogP contribution in [-0.2, 0) is 14.8 Å². The molecule has 3 atom stereocenters. The summed E-state index contributed by atoms with van der Waals surface area (Å²) in [5, 5.41) is 8.51. The molecular weight excluding hydrogens is 346 g/mol. The molecule has 2 aliphatic rings. The van der Waals surface area contributed by atoms with Gasteiger partial charge in [-0.05, 0) is 55.2 Å². The maximum absolute atomic E-state index is 12.3. The van der Waals surface area contributed by atoms with Crippen LogP contribution >= 0.6 is 11.3 Å². The summed E-state index contributed by atoms with van der Waals surface area (Å²) in [5.41, 5.74) is 0.655. The molecule has 1 aromatic heterocycles. The van der Waals surface area contributed by atoms with E-state index >= 15 is 0 Å². The fourth-order valence-corrected chi connectivity index (χ4v) is 5.71. The van der Waals surface area contributed by atoms with E-state index in [9.17, 15) is 13.2 Å². The number of amides is 1. The number of carbonyl (C=O) groups is 1. The Balaban J connectivity index is 1.47. The number of hydrogen-bond donors (Lipinski definition) is 2. The molecule has 2 bridgehead atoms. The Hall–Kier alpha value is -1.51. The molecule has 0 radical (unpaired) electrons. The standard InChI is InChI=1S/C16H19N3O3S2/c17-24(21,22)12-3-4-13-14(8-12)23-16(18-13)19-15(20)7-11-6-9-1-2-10(11)5-9/h3-4,8-11H,1-2,5-7H2,(H2,17,21,22)(H,18,19,20)/t9-,10-,11-/m1/s1. The lowest BCUT2D eigenvalue weighted by atomic mass is 9.86. The van der Waals surface area contributed by atoms with Crippen molar-refractivity contribution in [2.75, 3.05) is 5.32 Å². The monoisotopic (exact) mass is 365 g/mol. The van der Waals surface area contributed by atoms with Crippen LogP contribution in [0.15, 0.2) is 23.1 Å². The fourth-order valence-electron chi connectivity index (χ4n) is 4.17. The molecule has 8 heteroatoms. The van der Waals surface area contributed by atoms with Gasteiger partial charge >= 0.3 is 0 Å². The van der Waals surface area contributed by atoms with Crippen molar-refractivity contribution < 1.29 is 13.2 Å². The highest BCUT2D eigenvalue weighted by molar-refractivity contribution is 7.89. The number of benzene rings is 1. The molecule has 2 aliphatic carbocycles. The normalized spacial score (nSPS) is 26.1. The largest absolute Gasteiger partial charge is 0.302 e. The Morgan fingerprint density at radius 1 is 1.33 bits per heavy atom. The van der Waals surface area contributed by atoms with Gasteiger partial charge in [0, 0.05) is 6.42 Å². The minimum Gasteiger partial charge on any atom is -0.302 e. The summed E-state index contributed by atoms with van der Waals surface area (Å²) in [4.78, 5) is 16.7. The summed E-state index contributed by atoms with van der Waals surface area (Å²) >= 11 is 1.27. The number of nitrogens with two attached hydrogens (primary N) is 1. The number of primary sulfonamides is 1. The van der Waals surface area contributed by atoms with Crippen LogP contribution in [0.4, 0.5) is 5.13 Å². The van der Waals surface area contributed by atoms with Gasteiger partial charge < -0.3 is 5.32 Å². The fraction of sp³-hybridized carbons (Fsp3) is 0.500. The van der Waals surface area contributed by atoms with Crippen molar-refractivity contribution in [2.45, 2.75) is 37.0 Å². The van der Waals surface area contributed by atoms with Crippen molar-refractivity contribution in [3.05, 3.63) is 18.2 Å². The van der Waals surface area contributed by atoms with Crippen molar-refractivity contribution in [1.29, 1.82) is 0 Å². The van der Waals surface area contributed by atoms with E-state index < -0.39 is 10.0 Å². The molecule has 1 amide bonds. The van der Waals surface area contributed by atoms with Gasteiger partial charge in [-0.25, -0.2) is 18.5 Å². The molecule has 2 saturated carbocycles. The second kappa shape index (κ2) is 5.79. The Kier molecular flexibility index (Phi) is 3.85. The van der Waals surface area contributed by atoms with Gasteiger partial charge in [-0.15, -0.1) is 0 Å². The zero-order valence-electron chi connectivity index (χ0n) is 13.1. The van der Waals surface area contributed by atoms with E-state index in [1.54, 1.807) is 6.07 Å². The average Bonchev–Trinajstić information content (AvgIpc) is 3.18. The first-order valence-electron chi connectivity index (χ1n) is 8.12. The van der Waals surface area contributed by atoms with Crippen LogP contribution in [0, 0.1) is 17.8 Å². The highest BCUT2D eigenvalue weighted by Gasteiger charge is 2.40. The summed E-state index contributed by atoms with van der Waals surface area (Å²) in [7, 11) is -3.74. The van der Waals surface area contributed by atoms with E-state index in [2.05, 4.69) is 10.3 Å². The van der Waals surface area contributed by atoms with Crippen LogP contribution in [0.2, 0.25) is 0 Å². The van der Waals surface area contributed by atoms with Crippen molar-refractivity contribution >= 4 is 42.6 Å². The molecule has 0 saturated heterocycles. The Bertz CT molecular complexity index is 906. The maximum Gasteiger partial charge on any atom is 0.238 e. The summed E-state index contributed by atoms with van der Waals surface area (Å²) in [6.07, 6.45) is 5.61. The molecule has 0 unspecified atom stereocenters. The van der Waals surface area contributed by atoms with Gasteiger partial charge in [0.1, 0.15) is 0 Å². The minimum absolute atomic E-state index is 0.00160. The molecule has 3 N–H and O–H groups in total. The molecule has 128 valence electrons. The Morgan fingerprint density at radius 3 is 2.83 bits per heavy atom. The summed E-state index contributed by atoms with van der Waals surface area (Å²) in [6, 6.07) is 4.53. The van der Waals surface area contributed by atoms with Crippen LogP contribution in [0.3, 0.4) is 0 Å². The van der Waals surface area contributed by atoms with Crippen molar-refractivity contribution in [1.82, 2.24) is 4.98 Å². The average molecular weight is 365 g/mol. The molecule has 4 rings (SSSR count). The van der Waals surface area contributed by atoms with E-state index in [4.69, 9.17) is 5.14 Å². The van der Waals surface area contributed by atoms with Crippen LogP contribution in [-0.4, -0.2) is 19.3 Å². The number of nitrogens with one attached hydrogen (secondary N) is 1. The van der Waals surface area contributed by atoms with Gasteiger partial charge in [0.25, 0.3) is 0 Å². The molecule has 6 nitrogen and oxygen atoms in total. The third kappa shape index (κ3) is 3.05. The van der Waals surface area contributed by atoms with E-state index in [0.717, 1.165) is 5.92 Å². The number of sulfonamides is 1. The Morgan fingerprint density at radius 2 is 2.17 bits per heavy atom. The first-order chi connectivity index (χ1) is 11.4. The zero-order chi connectivity index (χ0) is 16.9. The van der Waals surface area contributed by atoms with Gasteiger partial charge in [-0.2, -0.15) is 0 Å². The first-order valence-corrected chi connectivity index (χ1v) is 10.5. The van der Waals surface area contributed by atoms with E-state index in [-0.39, 0.29) is 10.8 Å². The van der Waals surface area contributed by atoms with Gasteiger partial charge in [-0.3, -0.25) is 4.79 Å². The number of hydrogen-bond acceptors (Lipinski definition) is 5. The summed E-state index contributed by atoms with van der Waals surface area (Å²) in [6.45, 7) is 0. The third-order valence-electron chi connectivity index (χ3n) is 5.27. The summed E-state index contributed by atoms with van der Waals surface area (Å²) < 4.78 is 23.5. The van der Waals surface area contributed by atoms with Crippen molar-refractivity contribution in [3.8, 4) is 0 Å². The maximum atomic E-state index is 12.3. The van der Waals surface area contributed by atoms with Crippen molar-refractivity contribution in [2.24, 2.45) is 22.9 Å². The van der Waals surface area contributed by atoms with Gasteiger partial charge in [0.05, 0.1) is 15.1 Å². The van der Waals surface area contributed by atoms with Gasteiger partial charge in [0.2, 0.25) is 15.9 Å². The van der Waals surface area contributed by atoms with E-state index in [1.165, 1.54) is 49.2 Å².